The summed E-state index contributed by atoms with van der Waals surface area (Å²) in [4.78, 5) is 17.6. The van der Waals surface area contributed by atoms with Gasteiger partial charge in [-0.05, 0) is 79.8 Å². The molecule has 7 heteroatoms. The summed E-state index contributed by atoms with van der Waals surface area (Å²) in [5, 5.41) is 9.33. The summed E-state index contributed by atoms with van der Waals surface area (Å²) in [5.41, 5.74) is 5.12. The summed E-state index contributed by atoms with van der Waals surface area (Å²) in [7, 11) is 0. The van der Waals surface area contributed by atoms with Gasteiger partial charge in [0, 0.05) is 23.7 Å². The molecule has 2 aromatic carbocycles. The van der Waals surface area contributed by atoms with E-state index in [1.807, 2.05) is 29.8 Å². The SMILES string of the molecule is CCOc1cc(-c2ccc([C@@H](C)n3ncc4c(Cl)ccc(C(=O)NC5CC6(CCC6)C5)c43)cc2)ccn1. The zero-order valence-corrected chi connectivity index (χ0v) is 22.0. The highest BCUT2D eigenvalue weighted by molar-refractivity contribution is 6.36. The fraction of sp³-hybridized carbons (Fsp3) is 0.367. The van der Waals surface area contributed by atoms with E-state index in [-0.39, 0.29) is 18.0 Å². The van der Waals surface area contributed by atoms with Crippen LogP contribution in [-0.2, 0) is 0 Å². The minimum atomic E-state index is -0.0880. The lowest BCUT2D eigenvalue weighted by Crippen LogP contribution is -2.53. The highest BCUT2D eigenvalue weighted by atomic mass is 35.5. The third-order valence-corrected chi connectivity index (χ3v) is 8.51. The van der Waals surface area contributed by atoms with E-state index < -0.39 is 0 Å². The van der Waals surface area contributed by atoms with E-state index in [2.05, 4.69) is 46.6 Å². The van der Waals surface area contributed by atoms with E-state index in [0.717, 1.165) is 40.4 Å². The first-order valence-electron chi connectivity index (χ1n) is 13.1. The topological polar surface area (TPSA) is 69.0 Å². The first-order valence-corrected chi connectivity index (χ1v) is 13.5. The van der Waals surface area contributed by atoms with E-state index in [1.165, 1.54) is 19.3 Å². The fourth-order valence-corrected chi connectivity index (χ4v) is 6.16. The number of nitrogens with zero attached hydrogens (tertiary/aromatic N) is 3. The van der Waals surface area contributed by atoms with E-state index >= 15 is 0 Å². The quantitative estimate of drug-likeness (QED) is 0.293. The van der Waals surface area contributed by atoms with Crippen LogP contribution in [0, 0.1) is 5.41 Å². The molecule has 2 aromatic heterocycles. The van der Waals surface area contributed by atoms with Crippen molar-refractivity contribution in [2.75, 3.05) is 6.61 Å². The Morgan fingerprint density at radius 3 is 2.65 bits per heavy atom. The van der Waals surface area contributed by atoms with Crippen molar-refractivity contribution in [1.82, 2.24) is 20.1 Å². The van der Waals surface area contributed by atoms with Crippen LogP contribution in [0.25, 0.3) is 22.0 Å². The van der Waals surface area contributed by atoms with Crippen molar-refractivity contribution in [3.05, 3.63) is 77.1 Å². The van der Waals surface area contributed by atoms with Crippen LogP contribution >= 0.6 is 11.6 Å². The minimum absolute atomic E-state index is 0.0482. The zero-order valence-electron chi connectivity index (χ0n) is 21.2. The minimum Gasteiger partial charge on any atom is -0.478 e. The molecule has 0 aliphatic heterocycles. The largest absolute Gasteiger partial charge is 0.478 e. The number of pyridine rings is 1. The van der Waals surface area contributed by atoms with Gasteiger partial charge in [-0.3, -0.25) is 9.48 Å². The van der Waals surface area contributed by atoms with Crippen molar-refractivity contribution in [3.8, 4) is 17.0 Å². The molecular weight excluding hydrogens is 484 g/mol. The maximum atomic E-state index is 13.4. The molecule has 2 aliphatic carbocycles. The van der Waals surface area contributed by atoms with Crippen LogP contribution in [0.3, 0.4) is 0 Å². The normalized spacial score (nSPS) is 17.3. The number of hydrogen-bond donors (Lipinski definition) is 1. The van der Waals surface area contributed by atoms with Gasteiger partial charge in [0.05, 0.1) is 34.9 Å². The van der Waals surface area contributed by atoms with Crippen LogP contribution in [0.1, 0.15) is 67.9 Å². The van der Waals surface area contributed by atoms with Gasteiger partial charge in [0.2, 0.25) is 5.88 Å². The third kappa shape index (κ3) is 4.37. The molecule has 1 spiro atoms. The number of amides is 1. The van der Waals surface area contributed by atoms with Crippen LogP contribution in [0.2, 0.25) is 5.02 Å². The van der Waals surface area contributed by atoms with Crippen LogP contribution in [0.15, 0.2) is 60.9 Å². The standard InChI is InChI=1S/C30H31ClN4O2/c1-3-37-27-15-22(11-14-32-27)21-7-5-20(6-8-21)19(2)35-28-24(9-10-26(31)25(28)18-33-35)29(36)34-23-16-30(17-23)12-4-13-30/h5-11,14-15,18-19,23H,3-4,12-13,16-17H2,1-2H3,(H,34,36)/t19-/m1/s1. The predicted octanol–water partition coefficient (Wildman–Crippen LogP) is 6.82. The van der Waals surface area contributed by atoms with Crippen LogP contribution < -0.4 is 10.1 Å². The van der Waals surface area contributed by atoms with Crippen molar-refractivity contribution >= 4 is 28.4 Å². The Bertz CT molecular complexity index is 1450. The summed E-state index contributed by atoms with van der Waals surface area (Å²) >= 11 is 6.53. The second-order valence-corrected chi connectivity index (χ2v) is 10.9. The molecule has 1 N–H and O–H groups in total. The molecule has 190 valence electrons. The zero-order chi connectivity index (χ0) is 25.6. The first kappa shape index (κ1) is 24.0. The molecule has 2 aliphatic rings. The summed E-state index contributed by atoms with van der Waals surface area (Å²) in [5.74, 6) is 0.570. The van der Waals surface area contributed by atoms with E-state index in [4.69, 9.17) is 16.3 Å². The Morgan fingerprint density at radius 2 is 1.95 bits per heavy atom. The van der Waals surface area contributed by atoms with Crippen molar-refractivity contribution in [2.24, 2.45) is 5.41 Å². The van der Waals surface area contributed by atoms with Gasteiger partial charge in [-0.15, -0.1) is 0 Å². The second kappa shape index (κ2) is 9.49. The van der Waals surface area contributed by atoms with E-state index in [0.29, 0.717) is 28.5 Å². The van der Waals surface area contributed by atoms with Gasteiger partial charge >= 0.3 is 0 Å². The summed E-state index contributed by atoms with van der Waals surface area (Å²) in [6.45, 7) is 4.62. The number of carbonyl (C=O) groups excluding carboxylic acids is 1. The van der Waals surface area contributed by atoms with E-state index in [1.54, 1.807) is 18.5 Å². The summed E-state index contributed by atoms with van der Waals surface area (Å²) < 4.78 is 7.46. The Hall–Kier alpha value is -3.38. The molecule has 0 bridgehead atoms. The molecule has 2 heterocycles. The van der Waals surface area contributed by atoms with Crippen LogP contribution in [0.5, 0.6) is 5.88 Å². The molecule has 1 amide bonds. The lowest BCUT2D eigenvalue weighted by atomic mass is 9.54. The van der Waals surface area contributed by atoms with E-state index in [9.17, 15) is 4.79 Å². The smallest absolute Gasteiger partial charge is 0.253 e. The summed E-state index contributed by atoms with van der Waals surface area (Å²) in [6, 6.07) is 16.1. The first-order chi connectivity index (χ1) is 18.0. The molecule has 37 heavy (non-hydrogen) atoms. The molecule has 2 saturated carbocycles. The average molecular weight is 515 g/mol. The summed E-state index contributed by atoms with van der Waals surface area (Å²) in [6.07, 6.45) is 9.66. The number of fused-ring (bicyclic) bond motifs is 1. The molecule has 0 radical (unpaired) electrons. The molecule has 6 nitrogen and oxygen atoms in total. The van der Waals surface area contributed by atoms with Crippen molar-refractivity contribution < 1.29 is 9.53 Å². The lowest BCUT2D eigenvalue weighted by molar-refractivity contribution is -0.000604. The second-order valence-electron chi connectivity index (χ2n) is 10.5. The van der Waals surface area contributed by atoms with Gasteiger partial charge in [-0.25, -0.2) is 4.98 Å². The monoisotopic (exact) mass is 514 g/mol. The fourth-order valence-electron chi connectivity index (χ4n) is 5.95. The Balaban J connectivity index is 1.26. The van der Waals surface area contributed by atoms with Gasteiger partial charge in [0.25, 0.3) is 5.91 Å². The third-order valence-electron chi connectivity index (χ3n) is 8.18. The number of halogens is 1. The number of nitrogens with one attached hydrogen (secondary N) is 1. The Kier molecular flexibility index (Phi) is 6.15. The molecule has 0 unspecified atom stereocenters. The van der Waals surface area contributed by atoms with Gasteiger partial charge < -0.3 is 10.1 Å². The van der Waals surface area contributed by atoms with Crippen LogP contribution in [0.4, 0.5) is 0 Å². The molecule has 0 saturated heterocycles. The van der Waals surface area contributed by atoms with Crippen LogP contribution in [-0.4, -0.2) is 33.3 Å². The molecule has 4 aromatic rings. The average Bonchev–Trinajstić information content (AvgIpc) is 3.31. The van der Waals surface area contributed by atoms with Gasteiger partial charge in [-0.2, -0.15) is 5.10 Å². The van der Waals surface area contributed by atoms with Crippen molar-refractivity contribution in [3.63, 3.8) is 0 Å². The number of hydrogen-bond acceptors (Lipinski definition) is 4. The molecule has 6 rings (SSSR count). The maximum Gasteiger partial charge on any atom is 0.253 e. The lowest BCUT2D eigenvalue weighted by Gasteiger charge is -2.54. The Morgan fingerprint density at radius 1 is 1.16 bits per heavy atom. The molecule has 2 fully saturated rings. The predicted molar refractivity (Wildman–Crippen MR) is 146 cm³/mol. The number of carbonyl (C=O) groups is 1. The Labute approximate surface area is 222 Å². The number of benzene rings is 2. The highest BCUT2D eigenvalue weighted by Crippen LogP contribution is 2.55. The molecule has 1 atom stereocenters. The number of rotatable bonds is 7. The van der Waals surface area contributed by atoms with Gasteiger partial charge in [-0.1, -0.05) is 42.3 Å². The van der Waals surface area contributed by atoms with Gasteiger partial charge in [0.1, 0.15) is 0 Å². The van der Waals surface area contributed by atoms with Gasteiger partial charge in [0.15, 0.2) is 0 Å². The maximum absolute atomic E-state index is 13.4. The van der Waals surface area contributed by atoms with Crippen molar-refractivity contribution in [1.29, 1.82) is 0 Å². The van der Waals surface area contributed by atoms with Crippen molar-refractivity contribution in [2.45, 2.75) is 58.0 Å². The number of ether oxygens (including phenoxy) is 1. The molecular formula is C30H31ClN4O2. The highest BCUT2D eigenvalue weighted by Gasteiger charge is 2.48. The number of aromatic nitrogens is 3.